The summed E-state index contributed by atoms with van der Waals surface area (Å²) >= 11 is 0. The minimum Gasteiger partial charge on any atom is -0.309 e. The van der Waals surface area contributed by atoms with Gasteiger partial charge in [-0.2, -0.15) is 0 Å². The molecule has 0 saturated carbocycles. The Balaban J connectivity index is 1.12. The van der Waals surface area contributed by atoms with Gasteiger partial charge in [0.15, 0.2) is 11.6 Å². The molecule has 0 bridgehead atoms. The number of aromatic nitrogens is 6. The van der Waals surface area contributed by atoms with E-state index in [0.717, 1.165) is 78.2 Å². The highest BCUT2D eigenvalue weighted by Gasteiger charge is 2.27. The minimum absolute atomic E-state index is 0.399. The van der Waals surface area contributed by atoms with Crippen molar-refractivity contribution in [2.24, 2.45) is 0 Å². The molecule has 0 aliphatic carbocycles. The third kappa shape index (κ3) is 5.99. The fourth-order valence-electron chi connectivity index (χ4n) is 10.4. The van der Waals surface area contributed by atoms with E-state index < -0.39 is 5.41 Å². The second-order valence-electron chi connectivity index (χ2n) is 18.4. The highest BCUT2D eigenvalue weighted by atomic mass is 15.1. The van der Waals surface area contributed by atoms with Crippen LogP contribution in [0.2, 0.25) is 0 Å². The molecule has 4 aromatic heterocycles. The maximum absolute atomic E-state index is 5.59. The van der Waals surface area contributed by atoms with Gasteiger partial charge in [-0.1, -0.05) is 172 Å². The van der Waals surface area contributed by atoms with Crippen molar-refractivity contribution < 1.29 is 0 Å². The fraction of sp³-hybridized carbons (Fsp3) is 0.0656. The first-order valence-electron chi connectivity index (χ1n) is 23.0. The Labute approximate surface area is 387 Å². The highest BCUT2D eigenvalue weighted by Crippen LogP contribution is 2.45. The zero-order chi connectivity index (χ0) is 44.8. The number of rotatable bonds is 6. The van der Waals surface area contributed by atoms with E-state index in [2.05, 4.69) is 247 Å². The molecule has 0 amide bonds. The Morgan fingerprint density at radius 1 is 0.343 bits per heavy atom. The van der Waals surface area contributed by atoms with E-state index >= 15 is 0 Å². The normalized spacial score (nSPS) is 12.1. The lowest BCUT2D eigenvalue weighted by molar-refractivity contribution is 0.543. The first kappa shape index (κ1) is 38.8. The summed E-state index contributed by atoms with van der Waals surface area (Å²) in [4.78, 5) is 16.4. The first-order valence-corrected chi connectivity index (χ1v) is 23.0. The molecule has 0 spiro atoms. The molecule has 0 radical (unpaired) electrons. The summed E-state index contributed by atoms with van der Waals surface area (Å²) in [5.74, 6) is 1.96. The zero-order valence-electron chi connectivity index (χ0n) is 37.4. The Kier molecular flexibility index (Phi) is 8.68. The monoisotopic (exact) mass is 860 g/mol. The smallest absolute Gasteiger partial charge is 0.165 e. The number of para-hydroxylation sites is 7. The number of nitrogens with zero attached hydrogens (tertiary/aromatic N) is 6. The van der Waals surface area contributed by atoms with Crippen LogP contribution in [-0.4, -0.2) is 28.7 Å². The summed E-state index contributed by atoms with van der Waals surface area (Å²) < 4.78 is 7.25. The average Bonchev–Trinajstić information content (AvgIpc) is 4.02. The summed E-state index contributed by atoms with van der Waals surface area (Å²) in [6.45, 7) is 6.55. The molecule has 13 aromatic rings. The van der Waals surface area contributed by atoms with Gasteiger partial charge < -0.3 is 13.7 Å². The molecule has 0 aliphatic heterocycles. The van der Waals surface area contributed by atoms with Gasteiger partial charge in [0.25, 0.3) is 0 Å². The number of hydrogen-bond donors (Lipinski definition) is 0. The summed E-state index contributed by atoms with van der Waals surface area (Å²) in [6.07, 6.45) is 0. The van der Waals surface area contributed by atoms with E-state index in [0.29, 0.717) is 11.6 Å². The minimum atomic E-state index is -0.399. The van der Waals surface area contributed by atoms with E-state index in [-0.39, 0.29) is 0 Å². The van der Waals surface area contributed by atoms with Gasteiger partial charge in [-0.05, 0) is 66.2 Å². The van der Waals surface area contributed by atoms with Crippen molar-refractivity contribution in [3.63, 3.8) is 0 Å². The van der Waals surface area contributed by atoms with Gasteiger partial charge in [-0.15, -0.1) is 0 Å². The molecule has 4 heterocycles. The SMILES string of the molecule is CC(C)(C)c1nc(-c2ccccc2-n2c3ccccc3c3ccc4c(c5ccccc5n4-c4ccccc4)c32)nc(-c2cccc(-c3ccccc3)c2-n2c3ccccc3c3ccccc32)n1. The largest absolute Gasteiger partial charge is 0.309 e. The van der Waals surface area contributed by atoms with Crippen molar-refractivity contribution in [3.05, 3.63) is 218 Å². The standard InChI is InChI=1S/C61H44N6/c1-61(2,3)60-63-58(62-59(64-60)48-31-20-30-41(39-21-6-4-7-22-39)56(48)66-49-32-15-10-25-42(49)43-26-11-16-33-50(43)66)47-29-14-19-36-53(47)67-51-34-17-12-27-44(51)45-37-38-54-55(57(45)67)46-28-13-18-35-52(46)65(54)40-23-8-5-9-24-40/h4-38H,1-3H3. The quantitative estimate of drug-likeness (QED) is 0.167. The molecule has 0 aliphatic rings. The Hall–Kier alpha value is -8.61. The third-order valence-electron chi connectivity index (χ3n) is 13.3. The van der Waals surface area contributed by atoms with Crippen LogP contribution in [0.3, 0.4) is 0 Å². The maximum atomic E-state index is 5.59. The van der Waals surface area contributed by atoms with Crippen molar-refractivity contribution >= 4 is 65.4 Å². The molecular weight excluding hydrogens is 817 g/mol. The Morgan fingerprint density at radius 3 is 1.49 bits per heavy atom. The van der Waals surface area contributed by atoms with Gasteiger partial charge in [-0.25, -0.2) is 15.0 Å². The zero-order valence-corrected chi connectivity index (χ0v) is 37.4. The van der Waals surface area contributed by atoms with Gasteiger partial charge in [-0.3, -0.25) is 0 Å². The molecule has 0 N–H and O–H groups in total. The number of benzene rings is 9. The van der Waals surface area contributed by atoms with E-state index in [1.54, 1.807) is 0 Å². The first-order chi connectivity index (χ1) is 32.9. The van der Waals surface area contributed by atoms with Crippen molar-refractivity contribution in [1.29, 1.82) is 0 Å². The van der Waals surface area contributed by atoms with Crippen molar-refractivity contribution in [2.45, 2.75) is 26.2 Å². The van der Waals surface area contributed by atoms with Crippen LogP contribution in [0, 0.1) is 0 Å². The lowest BCUT2D eigenvalue weighted by Crippen LogP contribution is -2.18. The van der Waals surface area contributed by atoms with E-state index in [4.69, 9.17) is 15.0 Å². The van der Waals surface area contributed by atoms with Gasteiger partial charge in [0, 0.05) is 60.1 Å². The highest BCUT2D eigenvalue weighted by molar-refractivity contribution is 6.26. The van der Waals surface area contributed by atoms with Crippen LogP contribution in [0.1, 0.15) is 26.6 Å². The lowest BCUT2D eigenvalue weighted by Gasteiger charge is -2.22. The second kappa shape index (κ2) is 15.0. The van der Waals surface area contributed by atoms with Crippen LogP contribution in [0.5, 0.6) is 0 Å². The van der Waals surface area contributed by atoms with Crippen LogP contribution in [0.25, 0.3) is 116 Å². The Morgan fingerprint density at radius 2 is 0.836 bits per heavy atom. The van der Waals surface area contributed by atoms with Gasteiger partial charge >= 0.3 is 0 Å². The van der Waals surface area contributed by atoms with E-state index in [1.165, 1.54) is 32.3 Å². The van der Waals surface area contributed by atoms with Crippen LogP contribution in [0.4, 0.5) is 0 Å². The molecule has 0 atom stereocenters. The molecule has 0 unspecified atom stereocenters. The molecule has 0 fully saturated rings. The van der Waals surface area contributed by atoms with Gasteiger partial charge in [0.05, 0.1) is 44.5 Å². The van der Waals surface area contributed by atoms with E-state index in [9.17, 15) is 0 Å². The number of hydrogen-bond acceptors (Lipinski definition) is 3. The molecule has 9 aromatic carbocycles. The van der Waals surface area contributed by atoms with Crippen LogP contribution >= 0.6 is 0 Å². The predicted molar refractivity (Wildman–Crippen MR) is 278 cm³/mol. The predicted octanol–water partition coefficient (Wildman–Crippen LogP) is 15.5. The van der Waals surface area contributed by atoms with Crippen LogP contribution < -0.4 is 0 Å². The lowest BCUT2D eigenvalue weighted by atomic mass is 9.95. The fourth-order valence-corrected chi connectivity index (χ4v) is 10.4. The van der Waals surface area contributed by atoms with Crippen LogP contribution in [-0.2, 0) is 5.41 Å². The summed E-state index contributed by atoms with van der Waals surface area (Å²) in [5, 5.41) is 7.16. The van der Waals surface area contributed by atoms with Crippen molar-refractivity contribution in [1.82, 2.24) is 28.7 Å². The second-order valence-corrected chi connectivity index (χ2v) is 18.4. The van der Waals surface area contributed by atoms with Gasteiger partial charge in [0.1, 0.15) is 5.82 Å². The summed E-state index contributed by atoms with van der Waals surface area (Å²) in [7, 11) is 0. The van der Waals surface area contributed by atoms with E-state index in [1.807, 2.05) is 0 Å². The summed E-state index contributed by atoms with van der Waals surface area (Å²) in [5.41, 5.74) is 13.6. The average molecular weight is 861 g/mol. The topological polar surface area (TPSA) is 53.5 Å². The molecule has 6 heteroatoms. The maximum Gasteiger partial charge on any atom is 0.165 e. The summed E-state index contributed by atoms with van der Waals surface area (Å²) in [6, 6.07) is 76.0. The Bertz CT molecular complexity index is 4020. The van der Waals surface area contributed by atoms with Crippen molar-refractivity contribution in [3.8, 4) is 51.0 Å². The van der Waals surface area contributed by atoms with Crippen LogP contribution in [0.15, 0.2) is 212 Å². The molecule has 67 heavy (non-hydrogen) atoms. The van der Waals surface area contributed by atoms with Crippen molar-refractivity contribution in [2.75, 3.05) is 0 Å². The molecule has 318 valence electrons. The molecule has 6 nitrogen and oxygen atoms in total. The van der Waals surface area contributed by atoms with Gasteiger partial charge in [0.2, 0.25) is 0 Å². The molecule has 0 saturated heterocycles. The molecule has 13 rings (SSSR count). The number of fused-ring (bicyclic) bond motifs is 10. The molecular formula is C61H44N6. The third-order valence-corrected chi connectivity index (χ3v) is 13.3.